The number of hydrazine groups is 1. The highest BCUT2D eigenvalue weighted by atomic mass is 19.4. The summed E-state index contributed by atoms with van der Waals surface area (Å²) in [5.74, 6) is 6.10. The Kier molecular flexibility index (Phi) is 7.63. The van der Waals surface area contributed by atoms with Crippen LogP contribution in [0.5, 0.6) is 11.6 Å². The highest BCUT2D eigenvalue weighted by molar-refractivity contribution is 5.49. The van der Waals surface area contributed by atoms with Crippen LogP contribution in [0.1, 0.15) is 44.1 Å². The molecule has 2 aromatic rings. The molecular weight excluding hydrogens is 421 g/mol. The van der Waals surface area contributed by atoms with Crippen LogP contribution in [0.4, 0.5) is 18.9 Å². The van der Waals surface area contributed by atoms with Crippen molar-refractivity contribution in [3.8, 4) is 11.6 Å². The molecule has 32 heavy (non-hydrogen) atoms. The van der Waals surface area contributed by atoms with Crippen molar-refractivity contribution in [3.63, 3.8) is 0 Å². The first-order valence-electron chi connectivity index (χ1n) is 10.9. The standard InChI is InChI=1S/C22H26F3N3O2.CH5N/c23-22(24,25)16-9-11-21(29,12-10-16)19-2-1-13-27-20(19)30-18-7-5-17(6-8-18)28(26)14-15-3-4-15;1-2/h1-2,5-8,13,15-16,29H,3-4,9-12,14,26H2;2H2,1H3. The fourth-order valence-corrected chi connectivity index (χ4v) is 4.02. The monoisotopic (exact) mass is 452 g/mol. The van der Waals surface area contributed by atoms with Crippen molar-refractivity contribution >= 4 is 5.69 Å². The number of rotatable bonds is 6. The number of pyridine rings is 1. The summed E-state index contributed by atoms with van der Waals surface area (Å²) < 4.78 is 44.9. The van der Waals surface area contributed by atoms with Crippen LogP contribution in [0.3, 0.4) is 0 Å². The van der Waals surface area contributed by atoms with Gasteiger partial charge < -0.3 is 20.6 Å². The fourth-order valence-electron chi connectivity index (χ4n) is 4.02. The Morgan fingerprint density at radius 2 is 1.72 bits per heavy atom. The highest BCUT2D eigenvalue weighted by Crippen LogP contribution is 2.47. The molecule has 0 radical (unpaired) electrons. The molecular formula is C23H31F3N4O2. The number of anilines is 1. The molecule has 0 spiro atoms. The van der Waals surface area contributed by atoms with Crippen LogP contribution in [0, 0.1) is 11.8 Å². The molecule has 4 rings (SSSR count). The number of hydrogen-bond acceptors (Lipinski definition) is 6. The van der Waals surface area contributed by atoms with Crippen LogP contribution in [0.2, 0.25) is 0 Å². The minimum atomic E-state index is -4.23. The quantitative estimate of drug-likeness (QED) is 0.442. The van der Waals surface area contributed by atoms with Gasteiger partial charge in [-0.2, -0.15) is 13.2 Å². The first-order chi connectivity index (χ1) is 15.2. The van der Waals surface area contributed by atoms with Crippen LogP contribution in [-0.4, -0.2) is 29.9 Å². The summed E-state index contributed by atoms with van der Waals surface area (Å²) >= 11 is 0. The number of ether oxygens (including phenoxy) is 1. The van der Waals surface area contributed by atoms with E-state index in [9.17, 15) is 18.3 Å². The van der Waals surface area contributed by atoms with Crippen molar-refractivity contribution in [1.29, 1.82) is 0 Å². The largest absolute Gasteiger partial charge is 0.439 e. The molecule has 2 saturated carbocycles. The number of nitrogens with two attached hydrogens (primary N) is 2. The van der Waals surface area contributed by atoms with Crippen molar-refractivity contribution < 1.29 is 23.0 Å². The Hall–Kier alpha value is -2.36. The first kappa shape index (κ1) is 24.3. The lowest BCUT2D eigenvalue weighted by atomic mass is 9.75. The Morgan fingerprint density at radius 1 is 1.09 bits per heavy atom. The lowest BCUT2D eigenvalue weighted by molar-refractivity contribution is -0.193. The normalized spacial score (nSPS) is 23.2. The third kappa shape index (κ3) is 5.90. The van der Waals surface area contributed by atoms with Gasteiger partial charge in [0.25, 0.3) is 0 Å². The van der Waals surface area contributed by atoms with Gasteiger partial charge in [0.15, 0.2) is 0 Å². The summed E-state index contributed by atoms with van der Waals surface area (Å²) in [6.45, 7) is 0.816. The van der Waals surface area contributed by atoms with Gasteiger partial charge in [0.2, 0.25) is 5.88 Å². The Bertz CT molecular complexity index is 864. The maximum atomic E-state index is 13.0. The van der Waals surface area contributed by atoms with Crippen molar-refractivity contribution in [2.75, 3.05) is 18.6 Å². The Morgan fingerprint density at radius 3 is 2.28 bits per heavy atom. The maximum Gasteiger partial charge on any atom is 0.391 e. The first-order valence-corrected chi connectivity index (χ1v) is 10.9. The van der Waals surface area contributed by atoms with Crippen LogP contribution < -0.4 is 21.3 Å². The van der Waals surface area contributed by atoms with E-state index in [2.05, 4.69) is 10.7 Å². The van der Waals surface area contributed by atoms with Crippen molar-refractivity contribution in [2.24, 2.45) is 23.4 Å². The zero-order valence-corrected chi connectivity index (χ0v) is 18.2. The molecule has 0 aliphatic heterocycles. The second-order valence-corrected chi connectivity index (χ2v) is 8.40. The summed E-state index contributed by atoms with van der Waals surface area (Å²) in [5, 5.41) is 12.8. The van der Waals surface area contributed by atoms with Gasteiger partial charge in [0.1, 0.15) is 5.75 Å². The summed E-state index contributed by atoms with van der Waals surface area (Å²) in [4.78, 5) is 4.23. The second kappa shape index (κ2) is 10.1. The molecule has 0 bridgehead atoms. The smallest absolute Gasteiger partial charge is 0.391 e. The van der Waals surface area contributed by atoms with E-state index in [0.717, 1.165) is 12.2 Å². The summed E-state index contributed by atoms with van der Waals surface area (Å²) in [5.41, 5.74) is 4.41. The molecule has 2 aliphatic carbocycles. The molecule has 1 aromatic heterocycles. The number of nitrogens with zero attached hydrogens (tertiary/aromatic N) is 2. The molecule has 1 heterocycles. The van der Waals surface area contributed by atoms with E-state index in [0.29, 0.717) is 17.2 Å². The van der Waals surface area contributed by atoms with Gasteiger partial charge in [-0.15, -0.1) is 0 Å². The summed E-state index contributed by atoms with van der Waals surface area (Å²) in [6.07, 6.45) is -0.466. The third-order valence-corrected chi connectivity index (χ3v) is 6.08. The van der Waals surface area contributed by atoms with Crippen molar-refractivity contribution in [1.82, 2.24) is 4.98 Å². The lowest BCUT2D eigenvalue weighted by Gasteiger charge is -2.37. The van der Waals surface area contributed by atoms with E-state index < -0.39 is 17.7 Å². The molecule has 0 saturated heterocycles. The minimum absolute atomic E-state index is 0.0153. The van der Waals surface area contributed by atoms with Gasteiger partial charge in [-0.25, -0.2) is 10.8 Å². The van der Waals surface area contributed by atoms with Gasteiger partial charge in [-0.05, 0) is 87.9 Å². The van der Waals surface area contributed by atoms with Gasteiger partial charge in [-0.1, -0.05) is 0 Å². The Balaban J connectivity index is 0.00000141. The van der Waals surface area contributed by atoms with Crippen LogP contribution >= 0.6 is 0 Å². The Labute approximate surface area is 186 Å². The molecule has 1 aromatic carbocycles. The third-order valence-electron chi connectivity index (χ3n) is 6.08. The number of aliphatic hydroxyl groups is 1. The zero-order chi connectivity index (χ0) is 23.4. The van der Waals surface area contributed by atoms with Gasteiger partial charge in [0.05, 0.1) is 17.2 Å². The van der Waals surface area contributed by atoms with E-state index in [4.69, 9.17) is 10.6 Å². The van der Waals surface area contributed by atoms with Crippen LogP contribution in [0.25, 0.3) is 0 Å². The topological polar surface area (TPSA) is 97.6 Å². The van der Waals surface area contributed by atoms with Gasteiger partial charge in [-0.3, -0.25) is 0 Å². The molecule has 2 fully saturated rings. The SMILES string of the molecule is CN.NN(CC1CC1)c1ccc(Oc2ncccc2C2(O)CCC(C(F)(F)F)CC2)cc1. The molecule has 0 unspecified atom stereocenters. The van der Waals surface area contributed by atoms with Crippen LogP contribution in [0.15, 0.2) is 42.6 Å². The molecule has 0 amide bonds. The summed E-state index contributed by atoms with van der Waals surface area (Å²) in [6, 6.07) is 10.6. The van der Waals surface area contributed by atoms with Gasteiger partial charge in [0, 0.05) is 18.3 Å². The zero-order valence-electron chi connectivity index (χ0n) is 18.2. The predicted molar refractivity (Wildman–Crippen MR) is 117 cm³/mol. The number of alkyl halides is 3. The van der Waals surface area contributed by atoms with E-state index >= 15 is 0 Å². The van der Waals surface area contributed by atoms with Crippen molar-refractivity contribution in [3.05, 3.63) is 48.2 Å². The molecule has 176 valence electrons. The average molecular weight is 453 g/mol. The fraction of sp³-hybridized carbons (Fsp3) is 0.522. The minimum Gasteiger partial charge on any atom is -0.439 e. The van der Waals surface area contributed by atoms with E-state index in [-0.39, 0.29) is 31.6 Å². The number of aromatic nitrogens is 1. The number of benzene rings is 1. The molecule has 6 nitrogen and oxygen atoms in total. The average Bonchev–Trinajstić information content (AvgIpc) is 3.60. The highest BCUT2D eigenvalue weighted by Gasteiger charge is 2.46. The predicted octanol–water partition coefficient (Wildman–Crippen LogP) is 4.48. The van der Waals surface area contributed by atoms with Crippen LogP contribution in [-0.2, 0) is 5.60 Å². The second-order valence-electron chi connectivity index (χ2n) is 8.40. The van der Waals surface area contributed by atoms with Crippen molar-refractivity contribution in [2.45, 2.75) is 50.3 Å². The molecule has 2 aliphatic rings. The molecule has 5 N–H and O–H groups in total. The molecule has 0 atom stereocenters. The lowest BCUT2D eigenvalue weighted by Crippen LogP contribution is -2.36. The number of halogens is 3. The van der Waals surface area contributed by atoms with E-state index in [1.54, 1.807) is 29.3 Å². The van der Waals surface area contributed by atoms with Gasteiger partial charge >= 0.3 is 6.18 Å². The van der Waals surface area contributed by atoms with E-state index in [1.165, 1.54) is 26.1 Å². The van der Waals surface area contributed by atoms with E-state index in [1.807, 2.05) is 12.1 Å². The number of hydrogen-bond donors (Lipinski definition) is 3. The maximum absolute atomic E-state index is 13.0. The summed E-state index contributed by atoms with van der Waals surface area (Å²) in [7, 11) is 1.50. The molecule has 9 heteroatoms.